The van der Waals surface area contributed by atoms with Crippen LogP contribution in [0.15, 0.2) is 84.6 Å². The SMILES string of the molecule is CCc1ccc(N2C(=O)NC(=O)/C(=C\c3cn(CCCOc4ccc(C)cc4)c4ccccc34)C2=O)cc1. The number of imide groups is 2. The molecule has 1 aromatic heterocycles. The second-order valence-corrected chi connectivity index (χ2v) is 9.29. The number of ether oxygens (including phenoxy) is 1. The fraction of sp³-hybridized carbons (Fsp3) is 0.194. The van der Waals surface area contributed by atoms with E-state index in [0.29, 0.717) is 18.8 Å². The van der Waals surface area contributed by atoms with Gasteiger partial charge in [-0.25, -0.2) is 9.69 Å². The predicted molar refractivity (Wildman–Crippen MR) is 148 cm³/mol. The molecule has 1 saturated heterocycles. The monoisotopic (exact) mass is 507 g/mol. The van der Waals surface area contributed by atoms with Gasteiger partial charge in [-0.2, -0.15) is 0 Å². The first-order valence-electron chi connectivity index (χ1n) is 12.7. The topological polar surface area (TPSA) is 80.6 Å². The minimum Gasteiger partial charge on any atom is -0.494 e. The van der Waals surface area contributed by atoms with Crippen molar-refractivity contribution in [3.63, 3.8) is 0 Å². The number of aromatic nitrogens is 1. The van der Waals surface area contributed by atoms with Gasteiger partial charge in [0.25, 0.3) is 11.8 Å². The quantitative estimate of drug-likeness (QED) is 0.190. The van der Waals surface area contributed by atoms with Gasteiger partial charge >= 0.3 is 6.03 Å². The number of barbiturate groups is 1. The van der Waals surface area contributed by atoms with Crippen LogP contribution in [0.3, 0.4) is 0 Å². The highest BCUT2D eigenvalue weighted by atomic mass is 16.5. The van der Waals surface area contributed by atoms with Crippen LogP contribution in [0.25, 0.3) is 17.0 Å². The van der Waals surface area contributed by atoms with Gasteiger partial charge in [0.05, 0.1) is 12.3 Å². The van der Waals surface area contributed by atoms with Gasteiger partial charge in [0.1, 0.15) is 11.3 Å². The van der Waals surface area contributed by atoms with E-state index in [2.05, 4.69) is 9.88 Å². The second-order valence-electron chi connectivity index (χ2n) is 9.29. The lowest BCUT2D eigenvalue weighted by Crippen LogP contribution is -2.54. The molecule has 1 fully saturated rings. The third-order valence-corrected chi connectivity index (χ3v) is 6.66. The summed E-state index contributed by atoms with van der Waals surface area (Å²) >= 11 is 0. The smallest absolute Gasteiger partial charge is 0.335 e. The van der Waals surface area contributed by atoms with Gasteiger partial charge in [-0.15, -0.1) is 0 Å². The van der Waals surface area contributed by atoms with Crippen molar-refractivity contribution in [1.29, 1.82) is 0 Å². The molecule has 4 aromatic rings. The van der Waals surface area contributed by atoms with Crippen molar-refractivity contribution in [3.8, 4) is 5.75 Å². The van der Waals surface area contributed by atoms with Crippen molar-refractivity contribution in [2.75, 3.05) is 11.5 Å². The molecule has 38 heavy (non-hydrogen) atoms. The van der Waals surface area contributed by atoms with E-state index in [4.69, 9.17) is 4.74 Å². The summed E-state index contributed by atoms with van der Waals surface area (Å²) < 4.78 is 7.96. The Bertz CT molecular complexity index is 1530. The summed E-state index contributed by atoms with van der Waals surface area (Å²) in [6.45, 7) is 5.32. The highest BCUT2D eigenvalue weighted by molar-refractivity contribution is 6.39. The molecular weight excluding hydrogens is 478 g/mol. The lowest BCUT2D eigenvalue weighted by atomic mass is 10.1. The summed E-state index contributed by atoms with van der Waals surface area (Å²) in [5.74, 6) is -0.514. The number of carbonyl (C=O) groups excluding carboxylic acids is 3. The Balaban J connectivity index is 1.38. The van der Waals surface area contributed by atoms with E-state index in [0.717, 1.165) is 45.5 Å². The van der Waals surface area contributed by atoms with E-state index in [9.17, 15) is 14.4 Å². The number of urea groups is 1. The van der Waals surface area contributed by atoms with Gasteiger partial charge in [-0.1, -0.05) is 55.0 Å². The lowest BCUT2D eigenvalue weighted by Gasteiger charge is -2.26. The molecule has 0 aliphatic carbocycles. The molecule has 0 atom stereocenters. The van der Waals surface area contributed by atoms with Crippen LogP contribution < -0.4 is 15.0 Å². The molecular formula is C31H29N3O4. The number of anilines is 1. The molecule has 0 unspecified atom stereocenters. The van der Waals surface area contributed by atoms with Gasteiger partial charge in [0, 0.05) is 29.2 Å². The van der Waals surface area contributed by atoms with Crippen LogP contribution in [0.2, 0.25) is 0 Å². The zero-order chi connectivity index (χ0) is 26.6. The van der Waals surface area contributed by atoms with E-state index in [1.54, 1.807) is 18.2 Å². The highest BCUT2D eigenvalue weighted by Crippen LogP contribution is 2.27. The normalized spacial score (nSPS) is 14.8. The van der Waals surface area contributed by atoms with Crippen LogP contribution in [0, 0.1) is 6.92 Å². The van der Waals surface area contributed by atoms with Crippen LogP contribution in [-0.4, -0.2) is 29.0 Å². The Morgan fingerprint density at radius 3 is 2.39 bits per heavy atom. The first-order chi connectivity index (χ1) is 18.4. The van der Waals surface area contributed by atoms with Crippen LogP contribution in [0.4, 0.5) is 10.5 Å². The molecule has 1 N–H and O–H groups in total. The average Bonchev–Trinajstić information content (AvgIpc) is 3.27. The van der Waals surface area contributed by atoms with E-state index in [-0.39, 0.29) is 5.57 Å². The molecule has 0 spiro atoms. The van der Waals surface area contributed by atoms with Gasteiger partial charge in [0.15, 0.2) is 0 Å². The zero-order valence-electron chi connectivity index (χ0n) is 21.4. The van der Waals surface area contributed by atoms with Crippen molar-refractivity contribution in [3.05, 3.63) is 101 Å². The van der Waals surface area contributed by atoms with Crippen LogP contribution in [-0.2, 0) is 22.6 Å². The molecule has 7 heteroatoms. The molecule has 192 valence electrons. The van der Waals surface area contributed by atoms with Crippen molar-refractivity contribution < 1.29 is 19.1 Å². The predicted octanol–water partition coefficient (Wildman–Crippen LogP) is 5.65. The summed E-state index contributed by atoms with van der Waals surface area (Å²) in [5.41, 5.74) is 4.32. The number of para-hydroxylation sites is 1. The van der Waals surface area contributed by atoms with Crippen molar-refractivity contribution in [1.82, 2.24) is 9.88 Å². The standard InChI is InChI=1S/C31H29N3O4/c1-3-22-11-13-24(14-12-22)34-30(36)27(29(35)32-31(34)37)19-23-20-33(28-8-5-4-7-26(23)28)17-6-18-38-25-15-9-21(2)10-16-25/h4-5,7-16,19-20H,3,6,17-18H2,1-2H3,(H,32,35,37)/b27-19+. The maximum Gasteiger partial charge on any atom is 0.335 e. The Kier molecular flexibility index (Phi) is 7.09. The maximum atomic E-state index is 13.4. The van der Waals surface area contributed by atoms with Crippen molar-refractivity contribution in [2.24, 2.45) is 0 Å². The van der Waals surface area contributed by atoms with Crippen molar-refractivity contribution in [2.45, 2.75) is 33.2 Å². The number of hydrogen-bond donors (Lipinski definition) is 1. The minimum absolute atomic E-state index is 0.0882. The van der Waals surface area contributed by atoms with E-state index < -0.39 is 17.8 Å². The van der Waals surface area contributed by atoms with Gasteiger partial charge < -0.3 is 9.30 Å². The molecule has 3 aromatic carbocycles. The highest BCUT2D eigenvalue weighted by Gasteiger charge is 2.37. The fourth-order valence-corrected chi connectivity index (χ4v) is 4.56. The Morgan fingerprint density at radius 2 is 1.66 bits per heavy atom. The first kappa shape index (κ1) is 25.0. The third kappa shape index (κ3) is 5.09. The summed E-state index contributed by atoms with van der Waals surface area (Å²) in [6.07, 6.45) is 5.12. The molecule has 5 rings (SSSR count). The number of hydrogen-bond acceptors (Lipinski definition) is 4. The first-order valence-corrected chi connectivity index (χ1v) is 12.7. The van der Waals surface area contributed by atoms with E-state index in [1.165, 1.54) is 5.56 Å². The van der Waals surface area contributed by atoms with Crippen LogP contribution >= 0.6 is 0 Å². The zero-order valence-corrected chi connectivity index (χ0v) is 21.4. The second kappa shape index (κ2) is 10.8. The Morgan fingerprint density at radius 1 is 0.921 bits per heavy atom. The van der Waals surface area contributed by atoms with Gasteiger partial charge in [-0.05, 0) is 61.7 Å². The number of nitrogens with zero attached hydrogens (tertiary/aromatic N) is 2. The molecule has 1 aliphatic rings. The van der Waals surface area contributed by atoms with E-state index >= 15 is 0 Å². The number of nitrogens with one attached hydrogen (secondary N) is 1. The van der Waals surface area contributed by atoms with Gasteiger partial charge in [-0.3, -0.25) is 14.9 Å². The average molecular weight is 508 g/mol. The maximum absolute atomic E-state index is 13.4. The molecule has 2 heterocycles. The van der Waals surface area contributed by atoms with E-state index in [1.807, 2.05) is 80.7 Å². The number of rotatable bonds is 8. The third-order valence-electron chi connectivity index (χ3n) is 6.66. The lowest BCUT2D eigenvalue weighted by molar-refractivity contribution is -0.122. The number of benzene rings is 3. The summed E-state index contributed by atoms with van der Waals surface area (Å²) in [7, 11) is 0. The molecule has 0 radical (unpaired) electrons. The van der Waals surface area contributed by atoms with Gasteiger partial charge in [0.2, 0.25) is 0 Å². The molecule has 0 saturated carbocycles. The number of aryl methyl sites for hydroxylation is 3. The van der Waals surface area contributed by atoms with Crippen LogP contribution in [0.5, 0.6) is 5.75 Å². The molecule has 7 nitrogen and oxygen atoms in total. The number of fused-ring (bicyclic) bond motifs is 1. The van der Waals surface area contributed by atoms with Crippen LogP contribution in [0.1, 0.15) is 30.0 Å². The molecule has 0 bridgehead atoms. The Hall–Kier alpha value is -4.65. The number of carbonyl (C=O) groups is 3. The summed E-state index contributed by atoms with van der Waals surface area (Å²) in [6, 6.07) is 22.2. The summed E-state index contributed by atoms with van der Waals surface area (Å²) in [4.78, 5) is 39.7. The van der Waals surface area contributed by atoms with Crippen molar-refractivity contribution >= 4 is 40.5 Å². The summed E-state index contributed by atoms with van der Waals surface area (Å²) in [5, 5.41) is 3.22. The number of amides is 4. The Labute approximate surface area is 221 Å². The fourth-order valence-electron chi connectivity index (χ4n) is 4.56. The molecule has 4 amide bonds. The molecule has 1 aliphatic heterocycles. The minimum atomic E-state index is -0.752. The largest absolute Gasteiger partial charge is 0.494 e.